The average Bonchev–Trinajstić information content (AvgIpc) is 2.94. The molecule has 1 saturated heterocycles. The van der Waals surface area contributed by atoms with Gasteiger partial charge in [0.1, 0.15) is 11.4 Å². The minimum absolute atomic E-state index is 0.0791. The molecule has 0 bridgehead atoms. The summed E-state index contributed by atoms with van der Waals surface area (Å²) < 4.78 is 5.29. The van der Waals surface area contributed by atoms with E-state index in [1.165, 1.54) is 11.3 Å². The minimum atomic E-state index is -0.0791. The van der Waals surface area contributed by atoms with E-state index in [1.54, 1.807) is 7.11 Å². The molecule has 0 spiro atoms. The Morgan fingerprint density at radius 3 is 2.38 bits per heavy atom. The van der Waals surface area contributed by atoms with Gasteiger partial charge in [0.2, 0.25) is 0 Å². The van der Waals surface area contributed by atoms with Gasteiger partial charge in [0.25, 0.3) is 5.91 Å². The monoisotopic (exact) mass is 497 g/mol. The molecule has 0 atom stereocenters. The van der Waals surface area contributed by atoms with E-state index in [0.717, 1.165) is 60.5 Å². The molecule has 0 unspecified atom stereocenters. The van der Waals surface area contributed by atoms with Crippen molar-refractivity contribution in [2.24, 2.45) is 0 Å². The first-order chi connectivity index (χ1) is 17.9. The van der Waals surface area contributed by atoms with Crippen molar-refractivity contribution in [3.8, 4) is 5.75 Å². The number of rotatable bonds is 8. The fraction of sp³-hybridized carbons (Fsp3) is 0.344. The molecule has 194 valence electrons. The highest BCUT2D eigenvalue weighted by atomic mass is 16.5. The minimum Gasteiger partial charge on any atom is -0.497 e. The van der Waals surface area contributed by atoms with Crippen LogP contribution in [0.4, 0.5) is 5.69 Å². The van der Waals surface area contributed by atoms with E-state index in [2.05, 4.69) is 72.3 Å². The fourth-order valence-corrected chi connectivity index (χ4v) is 4.97. The van der Waals surface area contributed by atoms with Gasteiger partial charge in [-0.05, 0) is 91.6 Å². The predicted octanol–water partition coefficient (Wildman–Crippen LogP) is 6.67. The van der Waals surface area contributed by atoms with Crippen LogP contribution in [0.1, 0.15) is 57.1 Å². The summed E-state index contributed by atoms with van der Waals surface area (Å²) in [5, 5.41) is 3.12. The number of amides is 1. The third kappa shape index (κ3) is 6.16. The summed E-state index contributed by atoms with van der Waals surface area (Å²) >= 11 is 0. The largest absolute Gasteiger partial charge is 0.497 e. The lowest BCUT2D eigenvalue weighted by atomic mass is 9.89. The number of piperidine rings is 1. The molecule has 2 heterocycles. The van der Waals surface area contributed by atoms with Crippen molar-refractivity contribution in [3.05, 3.63) is 107 Å². The summed E-state index contributed by atoms with van der Waals surface area (Å²) in [5.74, 6) is 1.42. The van der Waals surface area contributed by atoms with Gasteiger partial charge in [-0.15, -0.1) is 0 Å². The molecular formula is C32H39N3O2. The van der Waals surface area contributed by atoms with Gasteiger partial charge in [-0.1, -0.05) is 43.8 Å². The zero-order valence-electron chi connectivity index (χ0n) is 22.6. The maximum absolute atomic E-state index is 13.2. The quantitative estimate of drug-likeness (QED) is 0.414. The van der Waals surface area contributed by atoms with Gasteiger partial charge in [-0.2, -0.15) is 0 Å². The number of allylic oxidation sites excluding steroid dienone is 4. The molecule has 2 aromatic rings. The Bertz CT molecular complexity index is 1200. The second-order valence-corrected chi connectivity index (χ2v) is 9.87. The van der Waals surface area contributed by atoms with Gasteiger partial charge in [-0.3, -0.25) is 4.79 Å². The van der Waals surface area contributed by atoms with E-state index < -0.39 is 0 Å². The molecule has 1 amide bonds. The number of anilines is 1. The van der Waals surface area contributed by atoms with Crippen LogP contribution >= 0.6 is 0 Å². The van der Waals surface area contributed by atoms with Crippen LogP contribution < -0.4 is 15.0 Å². The Morgan fingerprint density at radius 1 is 1.08 bits per heavy atom. The van der Waals surface area contributed by atoms with Crippen LogP contribution in [0.2, 0.25) is 0 Å². The van der Waals surface area contributed by atoms with Crippen LogP contribution in [0.3, 0.4) is 0 Å². The number of carbonyl (C=O) groups excluding carboxylic acids is 1. The van der Waals surface area contributed by atoms with E-state index in [9.17, 15) is 4.79 Å². The van der Waals surface area contributed by atoms with Crippen LogP contribution in [0, 0.1) is 0 Å². The molecule has 0 saturated carbocycles. The van der Waals surface area contributed by atoms with Gasteiger partial charge in [-0.25, -0.2) is 0 Å². The molecule has 0 aliphatic carbocycles. The zero-order chi connectivity index (χ0) is 26.4. The lowest BCUT2D eigenvalue weighted by Crippen LogP contribution is -2.34. The SMILES string of the molecule is C=C1C(C)=CC=CN1/C(C(=O)NCc1ccc(N2CCC(c3ccc(OC)cc3)CC2)cc1)=C(\C)CC. The number of hydrogen-bond donors (Lipinski definition) is 1. The first-order valence-corrected chi connectivity index (χ1v) is 13.2. The molecule has 5 nitrogen and oxygen atoms in total. The molecule has 37 heavy (non-hydrogen) atoms. The van der Waals surface area contributed by atoms with E-state index in [-0.39, 0.29) is 5.91 Å². The maximum Gasteiger partial charge on any atom is 0.268 e. The van der Waals surface area contributed by atoms with Crippen LogP contribution in [0.25, 0.3) is 0 Å². The van der Waals surface area contributed by atoms with Gasteiger partial charge in [0.15, 0.2) is 0 Å². The van der Waals surface area contributed by atoms with Crippen LogP contribution in [-0.4, -0.2) is 31.0 Å². The molecule has 0 aromatic heterocycles. The molecular weight excluding hydrogens is 458 g/mol. The van der Waals surface area contributed by atoms with E-state index in [4.69, 9.17) is 4.74 Å². The van der Waals surface area contributed by atoms with Gasteiger partial charge >= 0.3 is 0 Å². The number of hydrogen-bond acceptors (Lipinski definition) is 4. The van der Waals surface area contributed by atoms with Crippen molar-refractivity contribution in [1.82, 2.24) is 10.2 Å². The van der Waals surface area contributed by atoms with Crippen molar-refractivity contribution < 1.29 is 9.53 Å². The molecule has 4 rings (SSSR count). The second-order valence-electron chi connectivity index (χ2n) is 9.87. The normalized spacial score (nSPS) is 16.9. The summed E-state index contributed by atoms with van der Waals surface area (Å²) in [6, 6.07) is 17.1. The predicted molar refractivity (Wildman–Crippen MR) is 152 cm³/mol. The number of nitrogens with one attached hydrogen (secondary N) is 1. The Labute approximate surface area is 221 Å². The number of ether oxygens (including phenoxy) is 1. The first kappa shape index (κ1) is 26.3. The molecule has 0 radical (unpaired) electrons. The Kier molecular flexibility index (Phi) is 8.54. The smallest absolute Gasteiger partial charge is 0.268 e. The number of nitrogens with zero attached hydrogens (tertiary/aromatic N) is 2. The Morgan fingerprint density at radius 2 is 1.76 bits per heavy atom. The highest BCUT2D eigenvalue weighted by Crippen LogP contribution is 2.31. The van der Waals surface area contributed by atoms with Crippen molar-refractivity contribution >= 4 is 11.6 Å². The summed E-state index contributed by atoms with van der Waals surface area (Å²) in [7, 11) is 1.71. The van der Waals surface area contributed by atoms with Crippen molar-refractivity contribution in [1.29, 1.82) is 0 Å². The maximum atomic E-state index is 13.2. The highest BCUT2D eigenvalue weighted by molar-refractivity contribution is 5.94. The fourth-order valence-electron chi connectivity index (χ4n) is 4.97. The van der Waals surface area contributed by atoms with Crippen LogP contribution in [0.15, 0.2) is 96.0 Å². The Balaban J connectivity index is 1.33. The van der Waals surface area contributed by atoms with Crippen molar-refractivity contribution in [3.63, 3.8) is 0 Å². The van der Waals surface area contributed by atoms with Gasteiger partial charge in [0, 0.05) is 37.2 Å². The molecule has 1 fully saturated rings. The van der Waals surface area contributed by atoms with E-state index in [1.807, 2.05) is 37.1 Å². The number of benzene rings is 2. The van der Waals surface area contributed by atoms with Gasteiger partial charge in [0.05, 0.1) is 7.11 Å². The third-order valence-corrected chi connectivity index (χ3v) is 7.55. The first-order valence-electron chi connectivity index (χ1n) is 13.2. The molecule has 2 aliphatic heterocycles. The van der Waals surface area contributed by atoms with E-state index in [0.29, 0.717) is 18.2 Å². The molecule has 2 aromatic carbocycles. The van der Waals surface area contributed by atoms with E-state index >= 15 is 0 Å². The lowest BCUT2D eigenvalue weighted by molar-refractivity contribution is -0.118. The molecule has 2 aliphatic rings. The lowest BCUT2D eigenvalue weighted by Gasteiger charge is -2.34. The summed E-state index contributed by atoms with van der Waals surface area (Å²) in [5.41, 5.74) is 7.30. The van der Waals surface area contributed by atoms with Crippen molar-refractivity contribution in [2.75, 3.05) is 25.1 Å². The topological polar surface area (TPSA) is 44.8 Å². The zero-order valence-corrected chi connectivity index (χ0v) is 22.6. The standard InChI is InChI=1S/C32H39N3O2/c1-6-23(2)31(35-19-7-8-24(3)25(35)4)32(36)33-22-26-9-13-29(14-10-26)34-20-17-28(18-21-34)27-11-15-30(37-5)16-12-27/h7-16,19,28H,4,6,17-18,20-22H2,1-3,5H3,(H,33,36)/b31-23+. The molecule has 1 N–H and O–H groups in total. The third-order valence-electron chi connectivity index (χ3n) is 7.55. The molecule has 5 heteroatoms. The second kappa shape index (κ2) is 12.0. The average molecular weight is 498 g/mol. The Hall–Kier alpha value is -3.73. The highest BCUT2D eigenvalue weighted by Gasteiger charge is 2.23. The summed E-state index contributed by atoms with van der Waals surface area (Å²) in [4.78, 5) is 17.6. The number of methoxy groups -OCH3 is 1. The van der Waals surface area contributed by atoms with Gasteiger partial charge < -0.3 is 19.9 Å². The summed E-state index contributed by atoms with van der Waals surface area (Å²) in [6.45, 7) is 12.8. The van der Waals surface area contributed by atoms with Crippen LogP contribution in [-0.2, 0) is 11.3 Å². The van der Waals surface area contributed by atoms with Crippen LogP contribution in [0.5, 0.6) is 5.75 Å². The number of carbonyl (C=O) groups is 1. The van der Waals surface area contributed by atoms with Crippen molar-refractivity contribution in [2.45, 2.75) is 52.5 Å². The summed E-state index contributed by atoms with van der Waals surface area (Å²) in [6.07, 6.45) is 8.96.